The van der Waals surface area contributed by atoms with Crippen molar-refractivity contribution in [2.24, 2.45) is 0 Å². The number of carbonyl (C=O) groups is 2. The second kappa shape index (κ2) is 12.7. The SMILES string of the molecule is COc1ccc(C(=O)NCc2nnc(SCC(=O)Nc3cccc(C)c3)n2CCc2ccccc2)cc1. The number of aromatic nitrogens is 3. The van der Waals surface area contributed by atoms with E-state index < -0.39 is 0 Å². The van der Waals surface area contributed by atoms with Crippen LogP contribution >= 0.6 is 11.8 Å². The number of hydrogen-bond donors (Lipinski definition) is 2. The number of hydrogen-bond acceptors (Lipinski definition) is 6. The van der Waals surface area contributed by atoms with Crippen molar-refractivity contribution in [2.75, 3.05) is 18.2 Å². The molecule has 190 valence electrons. The lowest BCUT2D eigenvalue weighted by Gasteiger charge is -2.11. The van der Waals surface area contributed by atoms with E-state index in [-0.39, 0.29) is 24.1 Å². The molecule has 0 unspecified atom stereocenters. The summed E-state index contributed by atoms with van der Waals surface area (Å²) in [7, 11) is 1.58. The molecule has 4 aromatic rings. The van der Waals surface area contributed by atoms with E-state index in [4.69, 9.17) is 4.74 Å². The van der Waals surface area contributed by atoms with Crippen LogP contribution in [0.15, 0.2) is 84.0 Å². The van der Waals surface area contributed by atoms with Crippen LogP contribution in [0.5, 0.6) is 5.75 Å². The predicted octanol–water partition coefficient (Wildman–Crippen LogP) is 4.50. The molecule has 4 rings (SSSR count). The average Bonchev–Trinajstić information content (AvgIpc) is 3.31. The van der Waals surface area contributed by atoms with Gasteiger partial charge in [-0.2, -0.15) is 0 Å². The Morgan fingerprint density at radius 3 is 2.49 bits per heavy atom. The molecular weight excluding hydrogens is 486 g/mol. The van der Waals surface area contributed by atoms with Crippen molar-refractivity contribution in [3.05, 3.63) is 101 Å². The lowest BCUT2D eigenvalue weighted by Crippen LogP contribution is -2.25. The first-order valence-corrected chi connectivity index (χ1v) is 12.9. The van der Waals surface area contributed by atoms with Crippen LogP contribution in [0.2, 0.25) is 0 Å². The van der Waals surface area contributed by atoms with Crippen molar-refractivity contribution in [2.45, 2.75) is 31.6 Å². The van der Waals surface area contributed by atoms with Crippen molar-refractivity contribution >= 4 is 29.3 Å². The number of nitrogens with zero attached hydrogens (tertiary/aromatic N) is 3. The molecule has 9 heteroatoms. The van der Waals surface area contributed by atoms with Crippen molar-refractivity contribution < 1.29 is 14.3 Å². The Balaban J connectivity index is 1.43. The zero-order chi connectivity index (χ0) is 26.0. The number of thioether (sulfide) groups is 1. The molecule has 2 amide bonds. The van der Waals surface area contributed by atoms with Gasteiger partial charge in [-0.25, -0.2) is 0 Å². The second-order valence-corrected chi connectivity index (χ2v) is 9.35. The van der Waals surface area contributed by atoms with E-state index in [1.165, 1.54) is 17.3 Å². The Bertz CT molecular complexity index is 1340. The molecule has 1 heterocycles. The minimum absolute atomic E-state index is 0.123. The van der Waals surface area contributed by atoms with Gasteiger partial charge in [0.2, 0.25) is 5.91 Å². The molecule has 0 saturated carbocycles. The van der Waals surface area contributed by atoms with Crippen LogP contribution in [0.25, 0.3) is 0 Å². The molecule has 0 aliphatic rings. The standard InChI is InChI=1S/C28H29N5O3S/c1-20-7-6-10-23(17-20)30-26(34)19-37-28-32-31-25(33(28)16-15-21-8-4-3-5-9-21)18-29-27(35)22-11-13-24(36-2)14-12-22/h3-14,17H,15-16,18-19H2,1-2H3,(H,29,35)(H,30,34). The number of aryl methyl sites for hydroxylation is 2. The molecule has 0 atom stereocenters. The highest BCUT2D eigenvalue weighted by Crippen LogP contribution is 2.19. The maximum absolute atomic E-state index is 12.7. The smallest absolute Gasteiger partial charge is 0.251 e. The van der Waals surface area contributed by atoms with Crippen molar-refractivity contribution in [1.29, 1.82) is 0 Å². The van der Waals surface area contributed by atoms with E-state index in [1.807, 2.05) is 54.0 Å². The summed E-state index contributed by atoms with van der Waals surface area (Å²) in [5, 5.41) is 15.1. The third-order valence-electron chi connectivity index (χ3n) is 5.65. The van der Waals surface area contributed by atoms with Gasteiger partial charge in [0.25, 0.3) is 5.91 Å². The van der Waals surface area contributed by atoms with Crippen LogP contribution in [-0.4, -0.2) is 39.4 Å². The van der Waals surface area contributed by atoms with Crippen LogP contribution in [0.3, 0.4) is 0 Å². The molecule has 0 aliphatic carbocycles. The van der Waals surface area contributed by atoms with Gasteiger partial charge in [0.1, 0.15) is 5.75 Å². The van der Waals surface area contributed by atoms with Crippen molar-refractivity contribution in [3.8, 4) is 5.75 Å². The Morgan fingerprint density at radius 2 is 1.76 bits per heavy atom. The fraction of sp³-hybridized carbons (Fsp3) is 0.214. The Morgan fingerprint density at radius 1 is 0.973 bits per heavy atom. The highest BCUT2D eigenvalue weighted by atomic mass is 32.2. The van der Waals surface area contributed by atoms with Crippen molar-refractivity contribution in [3.63, 3.8) is 0 Å². The molecule has 0 aliphatic heterocycles. The van der Waals surface area contributed by atoms with Crippen molar-refractivity contribution in [1.82, 2.24) is 20.1 Å². The minimum atomic E-state index is -0.216. The summed E-state index contributed by atoms with van der Waals surface area (Å²) in [4.78, 5) is 25.2. The van der Waals surface area contributed by atoms with Gasteiger partial charge < -0.3 is 19.9 Å². The lowest BCUT2D eigenvalue weighted by atomic mass is 10.1. The van der Waals surface area contributed by atoms with E-state index in [2.05, 4.69) is 33.0 Å². The molecule has 3 aromatic carbocycles. The highest BCUT2D eigenvalue weighted by molar-refractivity contribution is 7.99. The maximum atomic E-state index is 12.7. The first kappa shape index (κ1) is 26.0. The van der Waals surface area contributed by atoms with Crippen LogP contribution in [0.4, 0.5) is 5.69 Å². The van der Waals surface area contributed by atoms with Gasteiger partial charge in [-0.15, -0.1) is 10.2 Å². The van der Waals surface area contributed by atoms with E-state index in [0.717, 1.165) is 17.7 Å². The number of amides is 2. The zero-order valence-electron chi connectivity index (χ0n) is 20.8. The fourth-order valence-corrected chi connectivity index (χ4v) is 4.50. The monoisotopic (exact) mass is 515 g/mol. The molecule has 0 bridgehead atoms. The normalized spacial score (nSPS) is 10.6. The number of carbonyl (C=O) groups excluding carboxylic acids is 2. The van der Waals surface area contributed by atoms with E-state index in [1.54, 1.807) is 31.4 Å². The largest absolute Gasteiger partial charge is 0.497 e. The number of ether oxygens (including phenoxy) is 1. The Labute approximate surface area is 220 Å². The van der Waals surface area contributed by atoms with Gasteiger partial charge in [0, 0.05) is 17.8 Å². The third kappa shape index (κ3) is 7.44. The predicted molar refractivity (Wildman–Crippen MR) is 145 cm³/mol. The highest BCUT2D eigenvalue weighted by Gasteiger charge is 2.16. The van der Waals surface area contributed by atoms with Crippen LogP contribution in [0.1, 0.15) is 27.3 Å². The quantitative estimate of drug-likeness (QED) is 0.286. The summed E-state index contributed by atoms with van der Waals surface area (Å²) >= 11 is 1.32. The lowest BCUT2D eigenvalue weighted by molar-refractivity contribution is -0.113. The van der Waals surface area contributed by atoms with E-state index in [0.29, 0.717) is 28.8 Å². The van der Waals surface area contributed by atoms with Gasteiger partial charge in [0.15, 0.2) is 11.0 Å². The second-order valence-electron chi connectivity index (χ2n) is 8.40. The zero-order valence-corrected chi connectivity index (χ0v) is 21.6. The molecule has 1 aromatic heterocycles. The van der Waals surface area contributed by atoms with E-state index in [9.17, 15) is 9.59 Å². The number of methoxy groups -OCH3 is 1. The average molecular weight is 516 g/mol. The first-order chi connectivity index (χ1) is 18.0. The van der Waals surface area contributed by atoms with Crippen LogP contribution in [-0.2, 0) is 24.3 Å². The summed E-state index contributed by atoms with van der Waals surface area (Å²) in [6.45, 7) is 2.81. The molecule has 0 fully saturated rings. The van der Waals surface area contributed by atoms with Crippen LogP contribution < -0.4 is 15.4 Å². The Kier molecular flexibility index (Phi) is 8.93. The molecule has 0 saturated heterocycles. The summed E-state index contributed by atoms with van der Waals surface area (Å²) in [6, 6.07) is 24.7. The molecule has 0 radical (unpaired) electrons. The number of benzene rings is 3. The number of rotatable bonds is 11. The molecule has 37 heavy (non-hydrogen) atoms. The van der Waals surface area contributed by atoms with Gasteiger partial charge in [-0.3, -0.25) is 9.59 Å². The maximum Gasteiger partial charge on any atom is 0.251 e. The first-order valence-electron chi connectivity index (χ1n) is 11.9. The minimum Gasteiger partial charge on any atom is -0.497 e. The molecular formula is C28H29N5O3S. The van der Waals surface area contributed by atoms with Gasteiger partial charge in [-0.1, -0.05) is 54.2 Å². The van der Waals surface area contributed by atoms with Gasteiger partial charge in [0.05, 0.1) is 19.4 Å². The third-order valence-corrected chi connectivity index (χ3v) is 6.62. The molecule has 0 spiro atoms. The summed E-state index contributed by atoms with van der Waals surface area (Å²) in [5.41, 5.74) is 3.54. The van der Waals surface area contributed by atoms with Gasteiger partial charge in [-0.05, 0) is 60.9 Å². The topological polar surface area (TPSA) is 98.1 Å². The fourth-order valence-electron chi connectivity index (χ4n) is 3.72. The molecule has 2 N–H and O–H groups in total. The van der Waals surface area contributed by atoms with Gasteiger partial charge >= 0.3 is 0 Å². The summed E-state index contributed by atoms with van der Waals surface area (Å²) in [5.74, 6) is 1.16. The number of nitrogens with one attached hydrogen (secondary N) is 2. The number of anilines is 1. The van der Waals surface area contributed by atoms with E-state index >= 15 is 0 Å². The van der Waals surface area contributed by atoms with Crippen LogP contribution in [0, 0.1) is 6.92 Å². The Hall–Kier alpha value is -4.11. The molecule has 8 nitrogen and oxygen atoms in total. The summed E-state index contributed by atoms with van der Waals surface area (Å²) < 4.78 is 7.12. The summed E-state index contributed by atoms with van der Waals surface area (Å²) in [6.07, 6.45) is 0.765.